The quantitative estimate of drug-likeness (QED) is 0.631. The Bertz CT molecular complexity index is 247. The van der Waals surface area contributed by atoms with E-state index in [2.05, 4.69) is 42.3 Å². The third-order valence-electron chi connectivity index (χ3n) is 2.77. The summed E-state index contributed by atoms with van der Waals surface area (Å²) in [5.41, 5.74) is 1.44. The SMILES string of the molecule is CN1CC[C](c2ccccc2)CC1. The van der Waals surface area contributed by atoms with Crippen LogP contribution in [0.15, 0.2) is 30.3 Å². The maximum atomic E-state index is 2.40. The van der Waals surface area contributed by atoms with Crippen LogP contribution in [0.1, 0.15) is 18.4 Å². The van der Waals surface area contributed by atoms with Gasteiger partial charge in [-0.05, 0) is 38.5 Å². The molecule has 1 heteroatoms. The average molecular weight is 174 g/mol. The Morgan fingerprint density at radius 1 is 1.00 bits per heavy atom. The zero-order valence-electron chi connectivity index (χ0n) is 8.16. The largest absolute Gasteiger partial charge is 0.306 e. The van der Waals surface area contributed by atoms with E-state index in [-0.39, 0.29) is 0 Å². The highest BCUT2D eigenvalue weighted by molar-refractivity contribution is 5.30. The summed E-state index contributed by atoms with van der Waals surface area (Å²) in [7, 11) is 2.20. The molecular weight excluding hydrogens is 158 g/mol. The van der Waals surface area contributed by atoms with Gasteiger partial charge < -0.3 is 4.90 Å². The molecule has 0 saturated carbocycles. The van der Waals surface area contributed by atoms with E-state index in [9.17, 15) is 0 Å². The van der Waals surface area contributed by atoms with E-state index < -0.39 is 0 Å². The molecular formula is C12H16N. The summed E-state index contributed by atoms with van der Waals surface area (Å²) in [6.45, 7) is 2.43. The van der Waals surface area contributed by atoms with Crippen molar-refractivity contribution in [3.63, 3.8) is 0 Å². The maximum absolute atomic E-state index is 2.40. The Morgan fingerprint density at radius 2 is 1.62 bits per heavy atom. The number of likely N-dealkylation sites (tertiary alicyclic amines) is 1. The van der Waals surface area contributed by atoms with Gasteiger partial charge >= 0.3 is 0 Å². The van der Waals surface area contributed by atoms with Gasteiger partial charge in [0.15, 0.2) is 0 Å². The van der Waals surface area contributed by atoms with Gasteiger partial charge in [0.05, 0.1) is 0 Å². The summed E-state index contributed by atoms with van der Waals surface area (Å²) >= 11 is 0. The van der Waals surface area contributed by atoms with Crippen molar-refractivity contribution in [2.24, 2.45) is 0 Å². The summed E-state index contributed by atoms with van der Waals surface area (Å²) in [5.74, 6) is 1.62. The van der Waals surface area contributed by atoms with Crippen LogP contribution in [0, 0.1) is 5.92 Å². The third kappa shape index (κ3) is 2.10. The highest BCUT2D eigenvalue weighted by atomic mass is 15.1. The van der Waals surface area contributed by atoms with Crippen molar-refractivity contribution in [2.45, 2.75) is 12.8 Å². The summed E-state index contributed by atoms with van der Waals surface area (Å²) in [4.78, 5) is 2.40. The first-order valence-electron chi connectivity index (χ1n) is 4.95. The van der Waals surface area contributed by atoms with Crippen LogP contribution in [0.25, 0.3) is 0 Å². The van der Waals surface area contributed by atoms with Gasteiger partial charge in [0, 0.05) is 5.92 Å². The Balaban J connectivity index is 2.03. The van der Waals surface area contributed by atoms with Crippen LogP contribution < -0.4 is 0 Å². The topological polar surface area (TPSA) is 3.24 Å². The van der Waals surface area contributed by atoms with Gasteiger partial charge in [-0.3, -0.25) is 0 Å². The zero-order valence-corrected chi connectivity index (χ0v) is 8.16. The summed E-state index contributed by atoms with van der Waals surface area (Å²) < 4.78 is 0. The Morgan fingerprint density at radius 3 is 2.23 bits per heavy atom. The Kier molecular flexibility index (Phi) is 2.65. The highest BCUT2D eigenvalue weighted by Crippen LogP contribution is 2.25. The van der Waals surface area contributed by atoms with Crippen LogP contribution in [0.2, 0.25) is 0 Å². The van der Waals surface area contributed by atoms with Gasteiger partial charge in [-0.25, -0.2) is 0 Å². The molecule has 0 atom stereocenters. The third-order valence-corrected chi connectivity index (χ3v) is 2.77. The lowest BCUT2D eigenvalue weighted by Crippen LogP contribution is -2.29. The lowest BCUT2D eigenvalue weighted by molar-refractivity contribution is 0.297. The minimum atomic E-state index is 1.21. The van der Waals surface area contributed by atoms with E-state index in [0.717, 1.165) is 0 Å². The number of piperidine rings is 1. The van der Waals surface area contributed by atoms with Crippen molar-refractivity contribution in [3.8, 4) is 0 Å². The van der Waals surface area contributed by atoms with E-state index in [1.807, 2.05) is 0 Å². The molecule has 1 nitrogen and oxygen atoms in total. The van der Waals surface area contributed by atoms with E-state index in [1.165, 1.54) is 31.5 Å². The molecule has 1 aromatic rings. The standard InChI is InChI=1S/C12H16N/c1-13-9-7-12(8-10-13)11-5-3-2-4-6-11/h2-6H,7-10H2,1H3. The lowest BCUT2D eigenvalue weighted by atomic mass is 9.90. The second-order valence-corrected chi connectivity index (χ2v) is 3.77. The van der Waals surface area contributed by atoms with Gasteiger partial charge in [-0.2, -0.15) is 0 Å². The maximum Gasteiger partial charge on any atom is 0.00750 e. The van der Waals surface area contributed by atoms with Crippen molar-refractivity contribution in [2.75, 3.05) is 20.1 Å². The molecule has 1 saturated heterocycles. The smallest absolute Gasteiger partial charge is 0.00750 e. The molecule has 2 rings (SSSR count). The van der Waals surface area contributed by atoms with Crippen LogP contribution in [-0.2, 0) is 0 Å². The van der Waals surface area contributed by atoms with Crippen molar-refractivity contribution in [1.29, 1.82) is 0 Å². The second kappa shape index (κ2) is 3.93. The molecule has 13 heavy (non-hydrogen) atoms. The molecule has 0 N–H and O–H groups in total. The van der Waals surface area contributed by atoms with Gasteiger partial charge in [-0.15, -0.1) is 0 Å². The van der Waals surface area contributed by atoms with E-state index >= 15 is 0 Å². The molecule has 1 radical (unpaired) electrons. The fraction of sp³-hybridized carbons (Fsp3) is 0.417. The number of benzene rings is 1. The Labute approximate surface area is 80.4 Å². The molecule has 1 aliphatic rings. The molecule has 0 bridgehead atoms. The lowest BCUT2D eigenvalue weighted by Gasteiger charge is -2.28. The molecule has 1 fully saturated rings. The number of hydrogen-bond donors (Lipinski definition) is 0. The van der Waals surface area contributed by atoms with Crippen molar-refractivity contribution in [1.82, 2.24) is 4.90 Å². The first-order valence-corrected chi connectivity index (χ1v) is 4.95. The fourth-order valence-corrected chi connectivity index (χ4v) is 1.85. The molecule has 0 unspecified atom stereocenters. The van der Waals surface area contributed by atoms with Crippen LogP contribution in [0.3, 0.4) is 0 Å². The number of nitrogens with zero attached hydrogens (tertiary/aromatic N) is 1. The molecule has 1 aliphatic heterocycles. The Hall–Kier alpha value is -0.820. The second-order valence-electron chi connectivity index (χ2n) is 3.77. The molecule has 69 valence electrons. The van der Waals surface area contributed by atoms with Gasteiger partial charge in [0.25, 0.3) is 0 Å². The highest BCUT2D eigenvalue weighted by Gasteiger charge is 2.17. The molecule has 0 amide bonds. The fourth-order valence-electron chi connectivity index (χ4n) is 1.85. The van der Waals surface area contributed by atoms with Crippen molar-refractivity contribution in [3.05, 3.63) is 41.8 Å². The predicted octanol–water partition coefficient (Wildman–Crippen LogP) is 2.33. The van der Waals surface area contributed by atoms with Crippen molar-refractivity contribution < 1.29 is 0 Å². The van der Waals surface area contributed by atoms with Gasteiger partial charge in [0.1, 0.15) is 0 Å². The van der Waals surface area contributed by atoms with E-state index in [0.29, 0.717) is 0 Å². The number of rotatable bonds is 1. The van der Waals surface area contributed by atoms with Crippen LogP contribution in [0.5, 0.6) is 0 Å². The first-order chi connectivity index (χ1) is 6.36. The normalized spacial score (nSPS) is 20.4. The zero-order chi connectivity index (χ0) is 9.10. The summed E-state index contributed by atoms with van der Waals surface area (Å²) in [5, 5.41) is 0. The molecule has 0 aliphatic carbocycles. The van der Waals surface area contributed by atoms with Crippen LogP contribution in [0.4, 0.5) is 0 Å². The summed E-state index contributed by atoms with van der Waals surface area (Å²) in [6.07, 6.45) is 2.47. The molecule has 1 aromatic carbocycles. The first kappa shape index (κ1) is 8.76. The van der Waals surface area contributed by atoms with Gasteiger partial charge in [0.2, 0.25) is 0 Å². The minimum absolute atomic E-state index is 1.21. The summed E-state index contributed by atoms with van der Waals surface area (Å²) in [6, 6.07) is 10.8. The molecule has 1 heterocycles. The molecule has 0 spiro atoms. The van der Waals surface area contributed by atoms with Crippen LogP contribution >= 0.6 is 0 Å². The van der Waals surface area contributed by atoms with Crippen molar-refractivity contribution >= 4 is 0 Å². The van der Waals surface area contributed by atoms with E-state index in [1.54, 1.807) is 5.92 Å². The minimum Gasteiger partial charge on any atom is -0.306 e. The molecule has 0 aromatic heterocycles. The van der Waals surface area contributed by atoms with Crippen LogP contribution in [-0.4, -0.2) is 25.0 Å². The van der Waals surface area contributed by atoms with E-state index in [4.69, 9.17) is 0 Å². The monoisotopic (exact) mass is 174 g/mol. The van der Waals surface area contributed by atoms with Gasteiger partial charge in [-0.1, -0.05) is 30.3 Å². The number of hydrogen-bond acceptors (Lipinski definition) is 1. The predicted molar refractivity (Wildman–Crippen MR) is 55.5 cm³/mol. The average Bonchev–Trinajstić information content (AvgIpc) is 2.20.